The molecule has 2 rings (SSSR count). The summed E-state index contributed by atoms with van der Waals surface area (Å²) in [5.74, 6) is 0.976. The van der Waals surface area contributed by atoms with Crippen LogP contribution in [0.2, 0.25) is 0 Å². The van der Waals surface area contributed by atoms with Crippen LogP contribution in [0.25, 0.3) is 0 Å². The molecular weight excluding hydrogens is 260 g/mol. The van der Waals surface area contributed by atoms with Crippen LogP contribution in [-0.4, -0.2) is 36.5 Å². The maximum Gasteiger partial charge on any atom is 0.221 e. The fourth-order valence-corrected chi connectivity index (χ4v) is 3.02. The molecule has 0 saturated carbocycles. The Balaban J connectivity index is 1.65. The van der Waals surface area contributed by atoms with E-state index < -0.39 is 0 Å². The van der Waals surface area contributed by atoms with Crippen molar-refractivity contribution in [1.82, 2.24) is 10.2 Å². The van der Waals surface area contributed by atoms with E-state index in [1.165, 1.54) is 24.8 Å². The summed E-state index contributed by atoms with van der Waals surface area (Å²) >= 11 is 0. The lowest BCUT2D eigenvalue weighted by Crippen LogP contribution is -2.38. The molecule has 0 spiro atoms. The van der Waals surface area contributed by atoms with Gasteiger partial charge in [0.25, 0.3) is 0 Å². The molecule has 0 atom stereocenters. The minimum absolute atomic E-state index is 0.177. The lowest BCUT2D eigenvalue weighted by Gasteiger charge is -2.32. The molecule has 1 fully saturated rings. The van der Waals surface area contributed by atoms with E-state index in [2.05, 4.69) is 40.5 Å². The summed E-state index contributed by atoms with van der Waals surface area (Å²) in [6.45, 7) is 7.18. The first kappa shape index (κ1) is 16.0. The van der Waals surface area contributed by atoms with Crippen molar-refractivity contribution in [1.29, 1.82) is 0 Å². The Bertz CT molecular complexity index is 422. The predicted octanol–water partition coefficient (Wildman–Crippen LogP) is 2.86. The van der Waals surface area contributed by atoms with Crippen LogP contribution in [-0.2, 0) is 11.2 Å². The van der Waals surface area contributed by atoms with Gasteiger partial charge in [-0.3, -0.25) is 4.79 Å². The van der Waals surface area contributed by atoms with Gasteiger partial charge < -0.3 is 10.2 Å². The van der Waals surface area contributed by atoms with E-state index in [0.717, 1.165) is 25.6 Å². The second-order valence-electron chi connectivity index (χ2n) is 6.45. The molecule has 0 aromatic heterocycles. The first-order chi connectivity index (χ1) is 10.1. The number of likely N-dealkylation sites (tertiary alicyclic amines) is 1. The van der Waals surface area contributed by atoms with Crippen molar-refractivity contribution < 1.29 is 4.79 Å². The summed E-state index contributed by atoms with van der Waals surface area (Å²) in [5.41, 5.74) is 1.45. The van der Waals surface area contributed by atoms with Crippen molar-refractivity contribution in [2.75, 3.05) is 19.6 Å². The fourth-order valence-electron chi connectivity index (χ4n) is 3.02. The van der Waals surface area contributed by atoms with Gasteiger partial charge in [0, 0.05) is 19.0 Å². The second-order valence-corrected chi connectivity index (χ2v) is 6.45. The van der Waals surface area contributed by atoms with Gasteiger partial charge in [-0.1, -0.05) is 30.3 Å². The molecule has 1 amide bonds. The van der Waals surface area contributed by atoms with Crippen molar-refractivity contribution >= 4 is 5.91 Å². The number of hydrogen-bond donors (Lipinski definition) is 1. The number of amides is 1. The molecule has 0 radical (unpaired) electrons. The van der Waals surface area contributed by atoms with Gasteiger partial charge in [-0.2, -0.15) is 0 Å². The second kappa shape index (κ2) is 8.18. The lowest BCUT2D eigenvalue weighted by atomic mass is 9.90. The van der Waals surface area contributed by atoms with E-state index in [4.69, 9.17) is 0 Å². The van der Waals surface area contributed by atoms with Crippen LogP contribution in [0.4, 0.5) is 0 Å². The number of nitrogens with one attached hydrogen (secondary N) is 1. The molecule has 3 heteroatoms. The van der Waals surface area contributed by atoms with Gasteiger partial charge in [-0.05, 0) is 57.7 Å². The van der Waals surface area contributed by atoms with E-state index in [-0.39, 0.29) is 11.9 Å². The number of hydrogen-bond acceptors (Lipinski definition) is 2. The largest absolute Gasteiger partial charge is 0.354 e. The monoisotopic (exact) mass is 288 g/mol. The highest BCUT2D eigenvalue weighted by atomic mass is 16.1. The van der Waals surface area contributed by atoms with E-state index >= 15 is 0 Å². The van der Waals surface area contributed by atoms with Crippen LogP contribution in [0.15, 0.2) is 30.3 Å². The SMILES string of the molecule is CC(C)NC(=O)CCN1CCC(Cc2ccccc2)CC1. The third-order valence-electron chi connectivity index (χ3n) is 4.18. The highest BCUT2D eigenvalue weighted by Gasteiger charge is 2.19. The maximum absolute atomic E-state index is 11.7. The fraction of sp³-hybridized carbons (Fsp3) is 0.611. The molecule has 1 aliphatic heterocycles. The number of carbonyl (C=O) groups excluding carboxylic acids is 1. The molecule has 1 N–H and O–H groups in total. The van der Waals surface area contributed by atoms with E-state index in [1.807, 2.05) is 13.8 Å². The zero-order chi connectivity index (χ0) is 15.1. The normalized spacial score (nSPS) is 17.1. The maximum atomic E-state index is 11.7. The van der Waals surface area contributed by atoms with Gasteiger partial charge in [-0.25, -0.2) is 0 Å². The Labute approximate surface area is 128 Å². The van der Waals surface area contributed by atoms with E-state index in [1.54, 1.807) is 0 Å². The predicted molar refractivity (Wildman–Crippen MR) is 87.2 cm³/mol. The van der Waals surface area contributed by atoms with Gasteiger partial charge in [0.1, 0.15) is 0 Å². The molecule has 1 aromatic carbocycles. The van der Waals surface area contributed by atoms with Crippen LogP contribution in [0.1, 0.15) is 38.7 Å². The highest BCUT2D eigenvalue weighted by Crippen LogP contribution is 2.21. The average Bonchev–Trinajstić information content (AvgIpc) is 2.47. The van der Waals surface area contributed by atoms with E-state index in [9.17, 15) is 4.79 Å². The molecule has 1 heterocycles. The minimum atomic E-state index is 0.177. The zero-order valence-corrected chi connectivity index (χ0v) is 13.3. The molecule has 1 saturated heterocycles. The molecule has 0 aliphatic carbocycles. The Hall–Kier alpha value is -1.35. The van der Waals surface area contributed by atoms with Gasteiger partial charge in [0.15, 0.2) is 0 Å². The van der Waals surface area contributed by atoms with Crippen molar-refractivity contribution in [3.63, 3.8) is 0 Å². The number of rotatable bonds is 6. The Morgan fingerprint density at radius 3 is 2.52 bits per heavy atom. The van der Waals surface area contributed by atoms with Crippen LogP contribution in [0.3, 0.4) is 0 Å². The summed E-state index contributed by atoms with van der Waals surface area (Å²) < 4.78 is 0. The smallest absolute Gasteiger partial charge is 0.221 e. The summed E-state index contributed by atoms with van der Waals surface area (Å²) in [4.78, 5) is 14.1. The molecule has 116 valence electrons. The van der Waals surface area contributed by atoms with Crippen molar-refractivity contribution in [3.8, 4) is 0 Å². The third kappa shape index (κ3) is 5.88. The van der Waals surface area contributed by atoms with Crippen molar-refractivity contribution in [3.05, 3.63) is 35.9 Å². The Kier molecular flexibility index (Phi) is 6.24. The number of carbonyl (C=O) groups is 1. The van der Waals surface area contributed by atoms with Crippen molar-refractivity contribution in [2.24, 2.45) is 5.92 Å². The van der Waals surface area contributed by atoms with Crippen LogP contribution in [0, 0.1) is 5.92 Å². The number of benzene rings is 1. The summed E-state index contributed by atoms with van der Waals surface area (Å²) in [5, 5.41) is 2.96. The molecule has 3 nitrogen and oxygen atoms in total. The minimum Gasteiger partial charge on any atom is -0.354 e. The number of nitrogens with zero attached hydrogens (tertiary/aromatic N) is 1. The number of piperidine rings is 1. The third-order valence-corrected chi connectivity index (χ3v) is 4.18. The summed E-state index contributed by atoms with van der Waals surface area (Å²) in [7, 11) is 0. The Morgan fingerprint density at radius 2 is 1.90 bits per heavy atom. The first-order valence-electron chi connectivity index (χ1n) is 8.19. The van der Waals surface area contributed by atoms with Crippen molar-refractivity contribution in [2.45, 2.75) is 45.6 Å². The van der Waals surface area contributed by atoms with Crippen LogP contribution >= 0.6 is 0 Å². The first-order valence-corrected chi connectivity index (χ1v) is 8.19. The summed E-state index contributed by atoms with van der Waals surface area (Å²) in [6.07, 6.45) is 4.32. The van der Waals surface area contributed by atoms with Gasteiger partial charge >= 0.3 is 0 Å². The average molecular weight is 288 g/mol. The molecule has 21 heavy (non-hydrogen) atoms. The Morgan fingerprint density at radius 1 is 1.24 bits per heavy atom. The molecular formula is C18H28N2O. The molecule has 0 bridgehead atoms. The van der Waals surface area contributed by atoms with Gasteiger partial charge in [0.05, 0.1) is 0 Å². The zero-order valence-electron chi connectivity index (χ0n) is 13.3. The highest BCUT2D eigenvalue weighted by molar-refractivity contribution is 5.76. The van der Waals surface area contributed by atoms with Gasteiger partial charge in [0.2, 0.25) is 5.91 Å². The van der Waals surface area contributed by atoms with Gasteiger partial charge in [-0.15, -0.1) is 0 Å². The standard InChI is InChI=1S/C18H28N2O/c1-15(2)19-18(21)10-13-20-11-8-17(9-12-20)14-16-6-4-3-5-7-16/h3-7,15,17H,8-14H2,1-2H3,(H,19,21). The summed E-state index contributed by atoms with van der Waals surface area (Å²) in [6, 6.07) is 11.0. The molecule has 0 unspecified atom stereocenters. The molecule has 1 aromatic rings. The van der Waals surface area contributed by atoms with E-state index in [0.29, 0.717) is 6.42 Å². The topological polar surface area (TPSA) is 32.3 Å². The lowest BCUT2D eigenvalue weighted by molar-refractivity contribution is -0.122. The molecule has 1 aliphatic rings. The van der Waals surface area contributed by atoms with Crippen LogP contribution in [0.5, 0.6) is 0 Å². The van der Waals surface area contributed by atoms with Crippen LogP contribution < -0.4 is 5.32 Å². The quantitative estimate of drug-likeness (QED) is 0.873.